The molecule has 3 aromatic rings. The number of aliphatic imine (C=N–C) groups is 1. The zero-order valence-electron chi connectivity index (χ0n) is 26.6. The predicted octanol–water partition coefficient (Wildman–Crippen LogP) is 4.62. The van der Waals surface area contributed by atoms with Gasteiger partial charge in [-0.1, -0.05) is 80.4 Å². The summed E-state index contributed by atoms with van der Waals surface area (Å²) >= 11 is 5.81. The molecule has 45 heavy (non-hydrogen) atoms. The van der Waals surface area contributed by atoms with Crippen molar-refractivity contribution in [2.45, 2.75) is 78.2 Å². The lowest BCUT2D eigenvalue weighted by Gasteiger charge is -2.08. The Bertz CT molecular complexity index is 1380. The van der Waals surface area contributed by atoms with E-state index in [2.05, 4.69) is 74.1 Å². The van der Waals surface area contributed by atoms with Gasteiger partial charge in [-0.05, 0) is 67.7 Å². The van der Waals surface area contributed by atoms with E-state index in [1.165, 1.54) is 5.56 Å². The molecule has 11 nitrogen and oxygen atoms in total. The Morgan fingerprint density at radius 3 is 2.07 bits per heavy atom. The summed E-state index contributed by atoms with van der Waals surface area (Å²) in [5, 5.41) is 5.30. The molecule has 3 rings (SSSR count). The van der Waals surface area contributed by atoms with Crippen molar-refractivity contribution in [1.82, 2.24) is 20.6 Å². The Morgan fingerprint density at radius 2 is 1.47 bits per heavy atom. The topological polar surface area (TPSA) is 200 Å². The smallest absolute Gasteiger partial charge is 0.280 e. The lowest BCUT2D eigenvalue weighted by molar-refractivity contribution is -0.121. The zero-order valence-corrected chi connectivity index (χ0v) is 27.4. The molecule has 1 heterocycles. The molecule has 1 aromatic heterocycles. The number of aromatic nitrogens is 2. The van der Waals surface area contributed by atoms with Crippen LogP contribution >= 0.6 is 11.6 Å². The zero-order chi connectivity index (χ0) is 33.2. The number of benzene rings is 2. The van der Waals surface area contributed by atoms with Crippen LogP contribution in [0.3, 0.4) is 0 Å². The molecular weight excluding hydrogens is 590 g/mol. The molecule has 0 bridgehead atoms. The quantitative estimate of drug-likeness (QED) is 0.0787. The number of nitrogens with zero attached hydrogens (tertiary/aromatic N) is 3. The van der Waals surface area contributed by atoms with Crippen LogP contribution in [0.4, 0.5) is 11.6 Å². The van der Waals surface area contributed by atoms with Gasteiger partial charge in [0.1, 0.15) is 0 Å². The second-order valence-electron chi connectivity index (χ2n) is 10.5. The number of aryl methyl sites for hydroxylation is 2. The van der Waals surface area contributed by atoms with Gasteiger partial charge in [-0.15, -0.1) is 0 Å². The molecule has 0 spiro atoms. The molecule has 244 valence electrons. The molecule has 2 amide bonds. The first-order chi connectivity index (χ1) is 21.6. The fourth-order valence-electron chi connectivity index (χ4n) is 4.36. The third-order valence-electron chi connectivity index (χ3n) is 6.81. The van der Waals surface area contributed by atoms with Gasteiger partial charge in [0, 0.05) is 25.6 Å². The number of hydrogen-bond acceptors (Lipinski definition) is 8. The number of hydrogen-bond donors (Lipinski definition) is 6. The summed E-state index contributed by atoms with van der Waals surface area (Å²) in [6.45, 7) is 7.16. The van der Waals surface area contributed by atoms with Crippen LogP contribution in [0.1, 0.15) is 80.9 Å². The summed E-state index contributed by atoms with van der Waals surface area (Å²) in [6, 6.07) is 17.1. The molecule has 12 heteroatoms. The summed E-state index contributed by atoms with van der Waals surface area (Å²) in [6.07, 6.45) is 6.77. The number of unbranched alkanes of at least 4 members (excludes halogenated alkanes) is 2. The van der Waals surface area contributed by atoms with Crippen molar-refractivity contribution in [3.8, 4) is 11.1 Å². The van der Waals surface area contributed by atoms with Gasteiger partial charge in [0.15, 0.2) is 28.4 Å². The summed E-state index contributed by atoms with van der Waals surface area (Å²) in [5.41, 5.74) is 27.3. The Kier molecular flexibility index (Phi) is 16.4. The van der Waals surface area contributed by atoms with Crippen molar-refractivity contribution in [1.29, 1.82) is 0 Å². The van der Waals surface area contributed by atoms with Crippen molar-refractivity contribution in [3.63, 3.8) is 0 Å². The highest BCUT2D eigenvalue weighted by atomic mass is 35.5. The number of nitrogens with one attached hydrogen (secondary N) is 2. The predicted molar refractivity (Wildman–Crippen MR) is 185 cm³/mol. The van der Waals surface area contributed by atoms with Gasteiger partial charge >= 0.3 is 0 Å². The number of carbonyl (C=O) groups is 2. The normalized spacial score (nSPS) is 11.7. The molecule has 0 fully saturated rings. The molecule has 0 aliphatic rings. The van der Waals surface area contributed by atoms with Crippen LogP contribution in [0, 0.1) is 0 Å². The Balaban J connectivity index is 0.00000345. The van der Waals surface area contributed by atoms with E-state index in [-0.39, 0.29) is 40.4 Å². The van der Waals surface area contributed by atoms with Gasteiger partial charge in [-0.3, -0.25) is 19.9 Å². The number of nitrogen functional groups attached to an aromatic ring is 2. The van der Waals surface area contributed by atoms with E-state index in [4.69, 9.17) is 34.5 Å². The standard InChI is InChI=1S/C31H42ClN9O2.C2H6/c1-20(33)6-2-4-18-37-25(42)17-12-22-10-15-24(16-11-22)23-13-8-21(9-14-23)7-3-5-19-38-31(36)41-30(43)26-28(34)40-29(35)27(32)39-26;1-2/h8-11,13-16,20H,2-7,12,17-19,33H2,1H3,(H,37,42)(H4,34,35,40)(H3,36,38,41,43);1-2H3. The molecule has 10 N–H and O–H groups in total. The van der Waals surface area contributed by atoms with E-state index in [1.54, 1.807) is 0 Å². The fraction of sp³-hybridized carbons (Fsp3) is 0.424. The number of guanidine groups is 1. The van der Waals surface area contributed by atoms with Crippen molar-refractivity contribution in [2.24, 2.45) is 16.5 Å². The summed E-state index contributed by atoms with van der Waals surface area (Å²) in [7, 11) is 0. The molecule has 0 aliphatic heterocycles. The van der Waals surface area contributed by atoms with Crippen LogP contribution < -0.4 is 33.6 Å². The third kappa shape index (κ3) is 13.5. The van der Waals surface area contributed by atoms with Crippen molar-refractivity contribution < 1.29 is 9.59 Å². The highest BCUT2D eigenvalue weighted by Gasteiger charge is 2.16. The number of rotatable bonds is 15. The average Bonchev–Trinajstić information content (AvgIpc) is 3.02. The largest absolute Gasteiger partial charge is 0.382 e. The Labute approximate surface area is 271 Å². The van der Waals surface area contributed by atoms with Crippen molar-refractivity contribution >= 4 is 41.0 Å². The molecular formula is C33H48ClN9O2. The minimum atomic E-state index is -0.662. The minimum Gasteiger partial charge on any atom is -0.382 e. The van der Waals surface area contributed by atoms with Crippen molar-refractivity contribution in [3.05, 3.63) is 70.5 Å². The summed E-state index contributed by atoms with van der Waals surface area (Å²) in [5.74, 6) is -0.822. The van der Waals surface area contributed by atoms with Crippen LogP contribution in [0.15, 0.2) is 53.5 Å². The van der Waals surface area contributed by atoms with E-state index in [9.17, 15) is 9.59 Å². The monoisotopic (exact) mass is 637 g/mol. The maximum Gasteiger partial charge on any atom is 0.280 e. The van der Waals surface area contributed by atoms with Gasteiger partial charge < -0.3 is 28.3 Å². The van der Waals surface area contributed by atoms with Crippen LogP contribution in [0.5, 0.6) is 0 Å². The minimum absolute atomic E-state index is 0.0402. The van der Waals surface area contributed by atoms with Gasteiger partial charge in [0.05, 0.1) is 0 Å². The number of halogens is 1. The number of carbonyl (C=O) groups excluding carboxylic acids is 2. The van der Waals surface area contributed by atoms with E-state index < -0.39 is 5.91 Å². The molecule has 1 atom stereocenters. The van der Waals surface area contributed by atoms with Gasteiger partial charge in [0.25, 0.3) is 5.91 Å². The highest BCUT2D eigenvalue weighted by molar-refractivity contribution is 6.31. The molecule has 0 saturated carbocycles. The van der Waals surface area contributed by atoms with Crippen LogP contribution in [0.2, 0.25) is 5.15 Å². The first-order valence-electron chi connectivity index (χ1n) is 15.5. The van der Waals surface area contributed by atoms with E-state index >= 15 is 0 Å². The number of amides is 2. The lowest BCUT2D eigenvalue weighted by Crippen LogP contribution is -2.38. The van der Waals surface area contributed by atoms with E-state index in [1.807, 2.05) is 20.8 Å². The van der Waals surface area contributed by atoms with E-state index in [0.717, 1.165) is 55.2 Å². The van der Waals surface area contributed by atoms with Gasteiger partial charge in [-0.2, -0.15) is 0 Å². The van der Waals surface area contributed by atoms with Crippen LogP contribution in [-0.4, -0.2) is 46.9 Å². The first-order valence-corrected chi connectivity index (χ1v) is 15.9. The lowest BCUT2D eigenvalue weighted by atomic mass is 9.99. The third-order valence-corrected chi connectivity index (χ3v) is 7.09. The highest BCUT2D eigenvalue weighted by Crippen LogP contribution is 2.22. The second-order valence-corrected chi connectivity index (χ2v) is 10.9. The number of nitrogens with two attached hydrogens (primary N) is 4. The maximum atomic E-state index is 12.3. The van der Waals surface area contributed by atoms with Crippen LogP contribution in [-0.2, 0) is 17.6 Å². The first kappa shape index (κ1) is 37.0. The Morgan fingerprint density at radius 1 is 0.867 bits per heavy atom. The molecule has 0 saturated heterocycles. The molecule has 1 unspecified atom stereocenters. The SMILES string of the molecule is CC.CC(N)CCCCNC(=O)CCc1ccc(-c2ccc(CCCCN=C(N)NC(=O)c3nc(Cl)c(N)nc3N)cc2)cc1. The summed E-state index contributed by atoms with van der Waals surface area (Å²) in [4.78, 5) is 36.2. The van der Waals surface area contributed by atoms with Gasteiger partial charge in [-0.25, -0.2) is 9.97 Å². The average molecular weight is 638 g/mol. The van der Waals surface area contributed by atoms with E-state index in [0.29, 0.717) is 25.9 Å². The molecule has 0 aliphatic carbocycles. The maximum absolute atomic E-state index is 12.3. The Hall–Kier alpha value is -4.22. The molecule has 0 radical (unpaired) electrons. The van der Waals surface area contributed by atoms with Crippen molar-refractivity contribution in [2.75, 3.05) is 24.6 Å². The molecule has 2 aromatic carbocycles. The number of anilines is 2. The van der Waals surface area contributed by atoms with Gasteiger partial charge in [0.2, 0.25) is 5.91 Å². The fourth-order valence-corrected chi connectivity index (χ4v) is 4.48. The summed E-state index contributed by atoms with van der Waals surface area (Å²) < 4.78 is 0. The van der Waals surface area contributed by atoms with Crippen LogP contribution in [0.25, 0.3) is 11.1 Å². The second kappa shape index (κ2) is 19.9.